The molecule has 1 saturated heterocycles. The maximum Gasteiger partial charge on any atom is 0.416 e. The van der Waals surface area contributed by atoms with Crippen LogP contribution in [0.2, 0.25) is 0 Å². The van der Waals surface area contributed by atoms with Gasteiger partial charge in [0.05, 0.1) is 11.1 Å². The van der Waals surface area contributed by atoms with E-state index in [4.69, 9.17) is 4.74 Å². The summed E-state index contributed by atoms with van der Waals surface area (Å²) in [7, 11) is 0. The zero-order chi connectivity index (χ0) is 19.8. The highest BCUT2D eigenvalue weighted by molar-refractivity contribution is 5.92. The molecule has 2 aromatic rings. The van der Waals surface area contributed by atoms with Crippen molar-refractivity contribution in [2.45, 2.75) is 45.0 Å². The standard InChI is InChI=1S/C19H22F3N3O2/c1-18(2,3)27-17(26)25-8-6-13(11-25)24-16-10-12(19(20,21)22)9-15-14(16)5-4-7-23-15/h4-5,7,9-10,13,24H,6,8,11H2,1-3H3. The minimum absolute atomic E-state index is 0.163. The maximum absolute atomic E-state index is 13.2. The smallest absolute Gasteiger partial charge is 0.416 e. The molecule has 1 aliphatic heterocycles. The fourth-order valence-corrected chi connectivity index (χ4v) is 3.06. The van der Waals surface area contributed by atoms with Crippen molar-refractivity contribution >= 4 is 22.7 Å². The van der Waals surface area contributed by atoms with Crippen molar-refractivity contribution < 1.29 is 22.7 Å². The number of anilines is 1. The maximum atomic E-state index is 13.2. The number of hydrogen-bond acceptors (Lipinski definition) is 4. The van der Waals surface area contributed by atoms with Crippen LogP contribution in [0.3, 0.4) is 0 Å². The fraction of sp³-hybridized carbons (Fsp3) is 0.474. The fourth-order valence-electron chi connectivity index (χ4n) is 3.06. The number of fused-ring (bicyclic) bond motifs is 1. The van der Waals surface area contributed by atoms with Gasteiger partial charge < -0.3 is 15.0 Å². The van der Waals surface area contributed by atoms with Gasteiger partial charge in [-0.3, -0.25) is 4.98 Å². The summed E-state index contributed by atoms with van der Waals surface area (Å²) in [5.41, 5.74) is -0.704. The van der Waals surface area contributed by atoms with E-state index in [1.54, 1.807) is 37.8 Å². The Labute approximate surface area is 155 Å². The zero-order valence-corrected chi connectivity index (χ0v) is 15.4. The van der Waals surface area contributed by atoms with Crippen LogP contribution >= 0.6 is 0 Å². The van der Waals surface area contributed by atoms with E-state index in [1.807, 2.05) is 0 Å². The van der Waals surface area contributed by atoms with E-state index in [2.05, 4.69) is 10.3 Å². The summed E-state index contributed by atoms with van der Waals surface area (Å²) in [5, 5.41) is 3.77. The molecule has 0 spiro atoms. The lowest BCUT2D eigenvalue weighted by Gasteiger charge is -2.24. The van der Waals surface area contributed by atoms with E-state index in [9.17, 15) is 18.0 Å². The highest BCUT2D eigenvalue weighted by Gasteiger charge is 2.33. The van der Waals surface area contributed by atoms with Gasteiger partial charge in [-0.25, -0.2) is 4.79 Å². The monoisotopic (exact) mass is 381 g/mol. The molecule has 3 rings (SSSR count). The van der Waals surface area contributed by atoms with Crippen molar-refractivity contribution in [1.82, 2.24) is 9.88 Å². The molecule has 0 aliphatic carbocycles. The van der Waals surface area contributed by atoms with Crippen LogP contribution in [0.25, 0.3) is 10.9 Å². The summed E-state index contributed by atoms with van der Waals surface area (Å²) in [6.45, 7) is 6.23. The summed E-state index contributed by atoms with van der Waals surface area (Å²) in [6, 6.07) is 5.39. The topological polar surface area (TPSA) is 54.5 Å². The minimum Gasteiger partial charge on any atom is -0.444 e. The third-order valence-corrected chi connectivity index (χ3v) is 4.25. The summed E-state index contributed by atoms with van der Waals surface area (Å²) in [5.74, 6) is 0. The third kappa shape index (κ3) is 4.61. The number of rotatable bonds is 2. The van der Waals surface area contributed by atoms with Crippen LogP contribution in [0.4, 0.5) is 23.7 Å². The second-order valence-electron chi connectivity index (χ2n) is 7.65. The van der Waals surface area contributed by atoms with Crippen LogP contribution in [0.5, 0.6) is 0 Å². The summed E-state index contributed by atoms with van der Waals surface area (Å²) < 4.78 is 45.0. The van der Waals surface area contributed by atoms with E-state index in [0.717, 1.165) is 12.1 Å². The van der Waals surface area contributed by atoms with Crippen molar-refractivity contribution in [2.75, 3.05) is 18.4 Å². The van der Waals surface area contributed by atoms with Crippen LogP contribution in [0.15, 0.2) is 30.5 Å². The Bertz CT molecular complexity index is 846. The first-order chi connectivity index (χ1) is 12.5. The molecule has 1 amide bonds. The van der Waals surface area contributed by atoms with Gasteiger partial charge in [-0.1, -0.05) is 0 Å². The van der Waals surface area contributed by atoms with Crippen molar-refractivity contribution in [1.29, 1.82) is 0 Å². The molecule has 0 radical (unpaired) electrons. The lowest BCUT2D eigenvalue weighted by molar-refractivity contribution is -0.137. The normalized spacial score (nSPS) is 18.0. The highest BCUT2D eigenvalue weighted by Crippen LogP contribution is 2.35. The van der Waals surface area contributed by atoms with Gasteiger partial charge in [0.1, 0.15) is 5.60 Å². The number of hydrogen-bond donors (Lipinski definition) is 1. The molecule has 5 nitrogen and oxygen atoms in total. The Balaban J connectivity index is 1.80. The number of carbonyl (C=O) groups excluding carboxylic acids is 1. The van der Waals surface area contributed by atoms with Crippen LogP contribution < -0.4 is 5.32 Å². The van der Waals surface area contributed by atoms with E-state index >= 15 is 0 Å². The van der Waals surface area contributed by atoms with Crippen LogP contribution in [-0.2, 0) is 10.9 Å². The molecule has 0 saturated carbocycles. The van der Waals surface area contributed by atoms with E-state index in [0.29, 0.717) is 30.6 Å². The number of likely N-dealkylation sites (tertiary alicyclic amines) is 1. The van der Waals surface area contributed by atoms with Crippen molar-refractivity contribution in [3.8, 4) is 0 Å². The average molecular weight is 381 g/mol. The number of nitrogens with zero attached hydrogens (tertiary/aromatic N) is 2. The molecule has 0 bridgehead atoms. The molecular weight excluding hydrogens is 359 g/mol. The van der Waals surface area contributed by atoms with Crippen LogP contribution in [0.1, 0.15) is 32.8 Å². The Kier molecular flexibility index (Phi) is 4.92. The number of nitrogens with one attached hydrogen (secondary N) is 1. The van der Waals surface area contributed by atoms with Gasteiger partial charge in [-0.05, 0) is 51.5 Å². The van der Waals surface area contributed by atoms with Crippen molar-refractivity contribution in [2.24, 2.45) is 0 Å². The van der Waals surface area contributed by atoms with Gasteiger partial charge in [-0.2, -0.15) is 13.2 Å². The molecule has 2 heterocycles. The van der Waals surface area contributed by atoms with E-state index in [1.165, 1.54) is 6.20 Å². The molecule has 8 heteroatoms. The summed E-state index contributed by atoms with van der Waals surface area (Å²) in [4.78, 5) is 17.8. The zero-order valence-electron chi connectivity index (χ0n) is 15.4. The number of halogens is 3. The third-order valence-electron chi connectivity index (χ3n) is 4.25. The molecule has 1 fully saturated rings. The minimum atomic E-state index is -4.46. The highest BCUT2D eigenvalue weighted by atomic mass is 19.4. The van der Waals surface area contributed by atoms with E-state index < -0.39 is 23.4 Å². The molecule has 1 unspecified atom stereocenters. The van der Waals surface area contributed by atoms with Gasteiger partial charge in [0.25, 0.3) is 0 Å². The molecule has 1 aliphatic rings. The second kappa shape index (κ2) is 6.90. The predicted molar refractivity (Wildman–Crippen MR) is 96.6 cm³/mol. The summed E-state index contributed by atoms with van der Waals surface area (Å²) in [6.07, 6.45) is -2.79. The SMILES string of the molecule is CC(C)(C)OC(=O)N1CCC(Nc2cc(C(F)(F)F)cc3ncccc23)C1. The first kappa shape index (κ1) is 19.3. The molecule has 27 heavy (non-hydrogen) atoms. The number of benzene rings is 1. The van der Waals surface area contributed by atoms with Crippen molar-refractivity contribution in [3.05, 3.63) is 36.0 Å². The van der Waals surface area contributed by atoms with E-state index in [-0.39, 0.29) is 11.6 Å². The average Bonchev–Trinajstić information content (AvgIpc) is 3.01. The van der Waals surface area contributed by atoms with Gasteiger partial charge in [0.15, 0.2) is 0 Å². The van der Waals surface area contributed by atoms with Gasteiger partial charge in [0.2, 0.25) is 0 Å². The van der Waals surface area contributed by atoms with Gasteiger partial charge >= 0.3 is 12.3 Å². The predicted octanol–water partition coefficient (Wildman–Crippen LogP) is 4.67. The molecular formula is C19H22F3N3O2. The van der Waals surface area contributed by atoms with Gasteiger partial charge in [-0.15, -0.1) is 0 Å². The number of aromatic nitrogens is 1. The van der Waals surface area contributed by atoms with Crippen LogP contribution in [0, 0.1) is 0 Å². The first-order valence-electron chi connectivity index (χ1n) is 8.73. The molecule has 146 valence electrons. The Morgan fingerprint density at radius 2 is 2.04 bits per heavy atom. The quantitative estimate of drug-likeness (QED) is 0.821. The molecule has 1 atom stereocenters. The second-order valence-corrected chi connectivity index (χ2v) is 7.65. The largest absolute Gasteiger partial charge is 0.444 e. The lowest BCUT2D eigenvalue weighted by Crippen LogP contribution is -2.36. The Hall–Kier alpha value is -2.51. The lowest BCUT2D eigenvalue weighted by atomic mass is 10.1. The van der Waals surface area contributed by atoms with Gasteiger partial charge in [0, 0.05) is 36.4 Å². The van der Waals surface area contributed by atoms with Crippen LogP contribution in [-0.4, -0.2) is 40.7 Å². The number of amides is 1. The summed E-state index contributed by atoms with van der Waals surface area (Å²) >= 11 is 0. The number of alkyl halides is 3. The van der Waals surface area contributed by atoms with Crippen molar-refractivity contribution in [3.63, 3.8) is 0 Å². The molecule has 1 aromatic carbocycles. The Morgan fingerprint density at radius 3 is 2.70 bits per heavy atom. The number of ether oxygens (including phenoxy) is 1. The molecule has 1 aromatic heterocycles. The first-order valence-corrected chi connectivity index (χ1v) is 8.73. The number of pyridine rings is 1. The number of carbonyl (C=O) groups is 1. The Morgan fingerprint density at radius 1 is 1.30 bits per heavy atom. The molecule has 1 N–H and O–H groups in total.